The summed E-state index contributed by atoms with van der Waals surface area (Å²) in [6, 6.07) is 23.7. The second kappa shape index (κ2) is 10.7. The van der Waals surface area contributed by atoms with E-state index in [1.807, 2.05) is 19.3 Å². The Morgan fingerprint density at radius 2 is 1.61 bits per heavy atom. The summed E-state index contributed by atoms with van der Waals surface area (Å²) < 4.78 is 6.51. The fourth-order valence-corrected chi connectivity index (χ4v) is 5.89. The summed E-state index contributed by atoms with van der Waals surface area (Å²) in [6.45, 7) is 9.57. The van der Waals surface area contributed by atoms with Crippen molar-refractivity contribution in [3.05, 3.63) is 94.5 Å². The number of nitrogens with zero attached hydrogens (tertiary/aromatic N) is 1. The second-order valence-electron chi connectivity index (χ2n) is 8.12. The number of hydrogen-bond acceptors (Lipinski definition) is 2. The molecule has 0 spiro atoms. The maximum absolute atomic E-state index is 6.51. The van der Waals surface area contributed by atoms with E-state index >= 15 is 0 Å². The van der Waals surface area contributed by atoms with Gasteiger partial charge in [0.2, 0.25) is 0 Å². The van der Waals surface area contributed by atoms with E-state index in [1.165, 1.54) is 33.1 Å². The molecule has 0 bridgehead atoms. The number of rotatable bonds is 9. The van der Waals surface area contributed by atoms with E-state index in [9.17, 15) is 0 Å². The summed E-state index contributed by atoms with van der Waals surface area (Å²) in [5.41, 5.74) is 6.25. The maximum Gasteiger partial charge on any atom is 0.126 e. The van der Waals surface area contributed by atoms with Crippen molar-refractivity contribution in [3.8, 4) is 5.75 Å². The monoisotopic (exact) mass is 431 g/mol. The van der Waals surface area contributed by atoms with Crippen molar-refractivity contribution in [2.45, 2.75) is 52.3 Å². The van der Waals surface area contributed by atoms with Gasteiger partial charge in [0.05, 0.1) is 0 Å². The molecule has 0 aliphatic heterocycles. The van der Waals surface area contributed by atoms with E-state index in [4.69, 9.17) is 4.74 Å². The molecule has 2 nitrogen and oxygen atoms in total. The van der Waals surface area contributed by atoms with Gasteiger partial charge in [0.1, 0.15) is 12.4 Å². The van der Waals surface area contributed by atoms with Gasteiger partial charge in [0.15, 0.2) is 0 Å². The van der Waals surface area contributed by atoms with Gasteiger partial charge in [-0.3, -0.25) is 4.99 Å². The molecular weight excluding hydrogens is 397 g/mol. The molecule has 3 aromatic rings. The van der Waals surface area contributed by atoms with Gasteiger partial charge in [0.25, 0.3) is 0 Å². The van der Waals surface area contributed by atoms with E-state index in [-0.39, 0.29) is 5.16 Å². The molecule has 0 aliphatic carbocycles. The third kappa shape index (κ3) is 5.43. The van der Waals surface area contributed by atoms with Crippen molar-refractivity contribution in [3.63, 3.8) is 0 Å². The predicted octanol–water partition coefficient (Wildman–Crippen LogP) is 6.95. The minimum Gasteiger partial charge on any atom is -0.488 e. The van der Waals surface area contributed by atoms with Crippen LogP contribution in [0.2, 0.25) is 0 Å². The Hall–Kier alpha value is -2.44. The van der Waals surface area contributed by atoms with Crippen LogP contribution in [0.1, 0.15) is 54.5 Å². The summed E-state index contributed by atoms with van der Waals surface area (Å²) in [5, 5.41) is 1.39. The molecule has 0 fully saturated rings. The van der Waals surface area contributed by atoms with Crippen LogP contribution < -0.4 is 10.0 Å². The van der Waals surface area contributed by atoms with Crippen LogP contribution in [0.25, 0.3) is 0 Å². The Labute approximate surface area is 189 Å². The molecule has 3 aromatic carbocycles. The van der Waals surface area contributed by atoms with Crippen LogP contribution in [0.5, 0.6) is 5.75 Å². The average Bonchev–Trinajstić information content (AvgIpc) is 2.78. The molecule has 1 atom stereocenters. The Balaban J connectivity index is 2.06. The van der Waals surface area contributed by atoms with Gasteiger partial charge < -0.3 is 4.74 Å². The zero-order chi connectivity index (χ0) is 22.3. The summed E-state index contributed by atoms with van der Waals surface area (Å²) >= 11 is 0. The minimum atomic E-state index is 0.0283. The lowest BCUT2D eigenvalue weighted by molar-refractivity contribution is 0.296. The van der Waals surface area contributed by atoms with Crippen LogP contribution in [0.4, 0.5) is 0 Å². The summed E-state index contributed by atoms with van der Waals surface area (Å²) in [6.07, 6.45) is 4.10. The molecule has 31 heavy (non-hydrogen) atoms. The van der Waals surface area contributed by atoms with Crippen molar-refractivity contribution < 1.29 is 4.74 Å². The quantitative estimate of drug-likeness (QED) is 0.265. The molecule has 0 radical (unpaired) electrons. The van der Waals surface area contributed by atoms with Crippen LogP contribution in [0.15, 0.2) is 71.7 Å². The molecule has 0 aliphatic rings. The highest BCUT2D eigenvalue weighted by molar-refractivity contribution is 7.48. The Morgan fingerprint density at radius 1 is 0.935 bits per heavy atom. The normalized spacial score (nSPS) is 12.2. The molecule has 0 saturated carbocycles. The standard InChI is InChI=1S/C28H34NOP/c1-6-28(7-2,31-26-16-12-11-15-24(26)19-29-5)25-18-21(3)17-22(4)27(25)30-20-23-13-9-8-10-14-23/h8-19,31H,6-7,20H2,1-5H3. The molecule has 0 heterocycles. The van der Waals surface area contributed by atoms with E-state index in [1.54, 1.807) is 0 Å². The fraction of sp³-hybridized carbons (Fsp3) is 0.321. The van der Waals surface area contributed by atoms with Gasteiger partial charge in [0, 0.05) is 24.0 Å². The van der Waals surface area contributed by atoms with Crippen LogP contribution in [-0.2, 0) is 11.8 Å². The van der Waals surface area contributed by atoms with Crippen LogP contribution in [0, 0.1) is 13.8 Å². The topological polar surface area (TPSA) is 21.6 Å². The lowest BCUT2D eigenvalue weighted by Gasteiger charge is -2.35. The number of hydrogen-bond donors (Lipinski definition) is 0. The third-order valence-corrected chi connectivity index (χ3v) is 8.15. The Bertz CT molecular complexity index is 1020. The molecule has 1 unspecified atom stereocenters. The lowest BCUT2D eigenvalue weighted by Crippen LogP contribution is -2.24. The summed E-state index contributed by atoms with van der Waals surface area (Å²) in [4.78, 5) is 4.28. The fourth-order valence-electron chi connectivity index (χ4n) is 4.23. The van der Waals surface area contributed by atoms with Crippen LogP contribution in [0.3, 0.4) is 0 Å². The molecule has 0 saturated heterocycles. The smallest absolute Gasteiger partial charge is 0.126 e. The first-order valence-corrected chi connectivity index (χ1v) is 12.1. The van der Waals surface area contributed by atoms with Gasteiger partial charge in [-0.25, -0.2) is 0 Å². The van der Waals surface area contributed by atoms with Gasteiger partial charge in [-0.2, -0.15) is 0 Å². The summed E-state index contributed by atoms with van der Waals surface area (Å²) in [7, 11) is 2.48. The number of ether oxygens (including phenoxy) is 1. The molecular formula is C28H34NOP. The lowest BCUT2D eigenvalue weighted by atomic mass is 9.89. The first-order chi connectivity index (χ1) is 15.0. The van der Waals surface area contributed by atoms with Crippen molar-refractivity contribution in [1.82, 2.24) is 0 Å². The Morgan fingerprint density at radius 3 is 2.29 bits per heavy atom. The second-order valence-corrected chi connectivity index (χ2v) is 9.87. The van der Waals surface area contributed by atoms with Gasteiger partial charge in [-0.1, -0.05) is 94.7 Å². The van der Waals surface area contributed by atoms with E-state index in [2.05, 4.69) is 93.4 Å². The highest BCUT2D eigenvalue weighted by Crippen LogP contribution is 2.51. The zero-order valence-corrected chi connectivity index (χ0v) is 20.4. The zero-order valence-electron chi connectivity index (χ0n) is 19.4. The van der Waals surface area contributed by atoms with E-state index in [0.29, 0.717) is 15.2 Å². The average molecular weight is 432 g/mol. The van der Waals surface area contributed by atoms with Crippen molar-refractivity contribution in [2.24, 2.45) is 4.99 Å². The number of benzene rings is 3. The number of aryl methyl sites for hydroxylation is 2. The minimum absolute atomic E-state index is 0.0283. The van der Waals surface area contributed by atoms with Crippen molar-refractivity contribution in [2.75, 3.05) is 7.05 Å². The van der Waals surface area contributed by atoms with Gasteiger partial charge in [-0.05, 0) is 48.7 Å². The number of aliphatic imine (C=N–C) groups is 1. The van der Waals surface area contributed by atoms with Crippen LogP contribution >= 0.6 is 8.58 Å². The molecule has 0 amide bonds. The first-order valence-electron chi connectivity index (χ1n) is 11.1. The van der Waals surface area contributed by atoms with Crippen molar-refractivity contribution >= 4 is 20.1 Å². The molecule has 162 valence electrons. The third-order valence-electron chi connectivity index (χ3n) is 5.97. The summed E-state index contributed by atoms with van der Waals surface area (Å²) in [5.74, 6) is 1.05. The first kappa shape index (κ1) is 23.2. The van der Waals surface area contributed by atoms with E-state index in [0.717, 1.165) is 18.6 Å². The highest BCUT2D eigenvalue weighted by Gasteiger charge is 2.33. The maximum atomic E-state index is 6.51. The highest BCUT2D eigenvalue weighted by atomic mass is 31.1. The van der Waals surface area contributed by atoms with E-state index < -0.39 is 0 Å². The molecule has 0 N–H and O–H groups in total. The van der Waals surface area contributed by atoms with Gasteiger partial charge >= 0.3 is 0 Å². The van der Waals surface area contributed by atoms with Crippen LogP contribution in [-0.4, -0.2) is 13.3 Å². The molecule has 3 rings (SSSR count). The molecule has 0 aromatic heterocycles. The predicted molar refractivity (Wildman–Crippen MR) is 137 cm³/mol. The largest absolute Gasteiger partial charge is 0.488 e. The molecule has 3 heteroatoms. The van der Waals surface area contributed by atoms with Gasteiger partial charge in [-0.15, -0.1) is 0 Å². The SMILES string of the molecule is CCC(CC)(Pc1ccccc1C=NC)c1cc(C)cc(C)c1OCc1ccccc1. The van der Waals surface area contributed by atoms with Crippen molar-refractivity contribution in [1.29, 1.82) is 0 Å². The Kier molecular flexibility index (Phi) is 8.04.